The molecule has 110 valence electrons. The van der Waals surface area contributed by atoms with Gasteiger partial charge in [0.2, 0.25) is 0 Å². The zero-order chi connectivity index (χ0) is 14.8. The highest BCUT2D eigenvalue weighted by Crippen LogP contribution is 2.42. The molecule has 0 aliphatic heterocycles. The van der Waals surface area contributed by atoms with Gasteiger partial charge in [-0.3, -0.25) is 4.79 Å². The fourth-order valence-electron chi connectivity index (χ4n) is 3.26. The maximum Gasteiger partial charge on any atom is 0.314 e. The first-order chi connectivity index (χ1) is 9.51. The molecule has 0 spiro atoms. The van der Waals surface area contributed by atoms with E-state index in [1.54, 1.807) is 7.11 Å². The van der Waals surface area contributed by atoms with Gasteiger partial charge < -0.3 is 9.84 Å². The Morgan fingerprint density at radius 1 is 1.25 bits per heavy atom. The summed E-state index contributed by atoms with van der Waals surface area (Å²) in [4.78, 5) is 11.9. The van der Waals surface area contributed by atoms with Gasteiger partial charge in [-0.1, -0.05) is 45.2 Å². The van der Waals surface area contributed by atoms with Crippen molar-refractivity contribution in [2.75, 3.05) is 7.11 Å². The number of rotatable bonds is 4. The van der Waals surface area contributed by atoms with Crippen molar-refractivity contribution in [3.8, 4) is 5.75 Å². The van der Waals surface area contributed by atoms with E-state index < -0.39 is 11.4 Å². The van der Waals surface area contributed by atoms with Crippen LogP contribution < -0.4 is 4.74 Å². The topological polar surface area (TPSA) is 46.5 Å². The normalized spacial score (nSPS) is 18.0. The van der Waals surface area contributed by atoms with Crippen LogP contribution in [-0.2, 0) is 10.2 Å². The summed E-state index contributed by atoms with van der Waals surface area (Å²) in [6, 6.07) is 5.90. The molecule has 1 aliphatic carbocycles. The summed E-state index contributed by atoms with van der Waals surface area (Å²) < 4.78 is 5.39. The molecule has 3 heteroatoms. The van der Waals surface area contributed by atoms with Gasteiger partial charge >= 0.3 is 5.97 Å². The van der Waals surface area contributed by atoms with Crippen molar-refractivity contribution in [1.82, 2.24) is 0 Å². The number of methoxy groups -OCH3 is 1. The lowest BCUT2D eigenvalue weighted by Crippen LogP contribution is -2.37. The molecule has 1 fully saturated rings. The quantitative estimate of drug-likeness (QED) is 0.900. The first kappa shape index (κ1) is 14.9. The van der Waals surface area contributed by atoms with E-state index in [0.717, 1.165) is 49.0 Å². The second-order valence-electron chi connectivity index (χ2n) is 6.06. The molecule has 1 aromatic rings. The predicted molar refractivity (Wildman–Crippen MR) is 79.5 cm³/mol. The fraction of sp³-hybridized carbons (Fsp3) is 0.588. The van der Waals surface area contributed by atoms with Gasteiger partial charge in [-0.2, -0.15) is 0 Å². The van der Waals surface area contributed by atoms with Crippen LogP contribution in [0, 0.1) is 0 Å². The Balaban J connectivity index is 2.49. The second-order valence-corrected chi connectivity index (χ2v) is 6.06. The van der Waals surface area contributed by atoms with Crippen molar-refractivity contribution in [3.63, 3.8) is 0 Å². The van der Waals surface area contributed by atoms with Crippen molar-refractivity contribution in [2.24, 2.45) is 0 Å². The van der Waals surface area contributed by atoms with Gasteiger partial charge in [0.05, 0.1) is 12.5 Å². The highest BCUT2D eigenvalue weighted by atomic mass is 16.5. The third-order valence-corrected chi connectivity index (χ3v) is 4.52. The molecule has 0 radical (unpaired) electrons. The molecular weight excluding hydrogens is 252 g/mol. The van der Waals surface area contributed by atoms with E-state index in [9.17, 15) is 9.90 Å². The number of carbonyl (C=O) groups is 1. The van der Waals surface area contributed by atoms with Crippen molar-refractivity contribution >= 4 is 5.97 Å². The number of carboxylic acid groups (broad SMARTS) is 1. The Labute approximate surface area is 121 Å². The molecule has 0 amide bonds. The van der Waals surface area contributed by atoms with Gasteiger partial charge in [0, 0.05) is 0 Å². The van der Waals surface area contributed by atoms with Crippen LogP contribution in [-0.4, -0.2) is 18.2 Å². The number of hydrogen-bond acceptors (Lipinski definition) is 2. The van der Waals surface area contributed by atoms with Crippen molar-refractivity contribution < 1.29 is 14.6 Å². The number of aliphatic carboxylic acids is 1. The first-order valence-corrected chi connectivity index (χ1v) is 7.43. The van der Waals surface area contributed by atoms with E-state index >= 15 is 0 Å². The molecule has 0 unspecified atom stereocenters. The molecule has 1 aliphatic rings. The smallest absolute Gasteiger partial charge is 0.314 e. The third kappa shape index (κ3) is 2.54. The zero-order valence-corrected chi connectivity index (χ0v) is 12.6. The predicted octanol–water partition coefficient (Wildman–Crippen LogP) is 4.11. The molecule has 1 saturated carbocycles. The Morgan fingerprint density at radius 2 is 1.90 bits per heavy atom. The molecular formula is C17H24O3. The minimum absolute atomic E-state index is 0.319. The lowest BCUT2D eigenvalue weighted by molar-refractivity contribution is -0.145. The molecule has 3 nitrogen and oxygen atoms in total. The summed E-state index contributed by atoms with van der Waals surface area (Å²) in [5.41, 5.74) is 1.33. The second kappa shape index (κ2) is 5.86. The van der Waals surface area contributed by atoms with Crippen LogP contribution in [0.2, 0.25) is 0 Å². The fourth-order valence-corrected chi connectivity index (χ4v) is 3.26. The van der Waals surface area contributed by atoms with Gasteiger partial charge in [0.25, 0.3) is 0 Å². The molecule has 0 atom stereocenters. The van der Waals surface area contributed by atoms with Gasteiger partial charge in [-0.05, 0) is 36.0 Å². The first-order valence-electron chi connectivity index (χ1n) is 7.43. The molecule has 1 aromatic carbocycles. The highest BCUT2D eigenvalue weighted by Gasteiger charge is 2.41. The van der Waals surface area contributed by atoms with Crippen LogP contribution in [0.15, 0.2) is 18.2 Å². The summed E-state index contributed by atoms with van der Waals surface area (Å²) in [7, 11) is 1.66. The molecule has 0 saturated heterocycles. The largest absolute Gasteiger partial charge is 0.496 e. The average molecular weight is 276 g/mol. The SMILES string of the molecule is COc1ccc(C2(C(=O)O)CCCCC2)cc1C(C)C. The lowest BCUT2D eigenvalue weighted by atomic mass is 9.69. The molecule has 20 heavy (non-hydrogen) atoms. The summed E-state index contributed by atoms with van der Waals surface area (Å²) in [6.45, 7) is 4.21. The van der Waals surface area contributed by atoms with E-state index in [-0.39, 0.29) is 0 Å². The van der Waals surface area contributed by atoms with E-state index in [0.29, 0.717) is 5.92 Å². The van der Waals surface area contributed by atoms with Crippen LogP contribution in [0.1, 0.15) is 63.0 Å². The Kier molecular flexibility index (Phi) is 4.36. The molecule has 0 aromatic heterocycles. The number of carboxylic acids is 1. The number of ether oxygens (including phenoxy) is 1. The summed E-state index contributed by atoms with van der Waals surface area (Å²) in [5.74, 6) is 0.483. The van der Waals surface area contributed by atoms with Gasteiger partial charge in [0.1, 0.15) is 5.75 Å². The zero-order valence-electron chi connectivity index (χ0n) is 12.6. The van der Waals surface area contributed by atoms with Crippen molar-refractivity contribution in [1.29, 1.82) is 0 Å². The molecule has 1 N–H and O–H groups in total. The summed E-state index contributed by atoms with van der Waals surface area (Å²) >= 11 is 0. The summed E-state index contributed by atoms with van der Waals surface area (Å²) in [6.07, 6.45) is 4.62. The van der Waals surface area contributed by atoms with Crippen molar-refractivity contribution in [3.05, 3.63) is 29.3 Å². The van der Waals surface area contributed by atoms with Gasteiger partial charge in [-0.15, -0.1) is 0 Å². The van der Waals surface area contributed by atoms with Crippen LogP contribution in [0.5, 0.6) is 5.75 Å². The average Bonchev–Trinajstić information content (AvgIpc) is 2.47. The standard InChI is InChI=1S/C17H24O3/c1-12(2)14-11-13(7-8-15(14)20-3)17(16(18)19)9-5-4-6-10-17/h7-8,11-12H,4-6,9-10H2,1-3H3,(H,18,19). The van der Waals surface area contributed by atoms with E-state index in [1.807, 2.05) is 18.2 Å². The van der Waals surface area contributed by atoms with Crippen LogP contribution in [0.4, 0.5) is 0 Å². The Hall–Kier alpha value is -1.51. The number of benzene rings is 1. The molecule has 0 bridgehead atoms. The van der Waals surface area contributed by atoms with E-state index in [1.165, 1.54) is 0 Å². The number of hydrogen-bond donors (Lipinski definition) is 1. The highest BCUT2D eigenvalue weighted by molar-refractivity contribution is 5.81. The Morgan fingerprint density at radius 3 is 2.40 bits per heavy atom. The maximum atomic E-state index is 11.9. The van der Waals surface area contributed by atoms with Gasteiger partial charge in [0.15, 0.2) is 0 Å². The maximum absolute atomic E-state index is 11.9. The van der Waals surface area contributed by atoms with Crippen molar-refractivity contribution in [2.45, 2.75) is 57.3 Å². The lowest BCUT2D eigenvalue weighted by Gasteiger charge is -2.34. The van der Waals surface area contributed by atoms with E-state index in [4.69, 9.17) is 4.74 Å². The third-order valence-electron chi connectivity index (χ3n) is 4.52. The van der Waals surface area contributed by atoms with Gasteiger partial charge in [-0.25, -0.2) is 0 Å². The molecule has 0 heterocycles. The van der Waals surface area contributed by atoms with Crippen LogP contribution in [0.3, 0.4) is 0 Å². The Bertz CT molecular complexity index is 485. The minimum atomic E-state index is -0.700. The summed E-state index contributed by atoms with van der Waals surface area (Å²) in [5, 5.41) is 9.77. The minimum Gasteiger partial charge on any atom is -0.496 e. The van der Waals surface area contributed by atoms with Crippen LogP contribution >= 0.6 is 0 Å². The monoisotopic (exact) mass is 276 g/mol. The van der Waals surface area contributed by atoms with Crippen LogP contribution in [0.25, 0.3) is 0 Å². The van der Waals surface area contributed by atoms with E-state index in [2.05, 4.69) is 13.8 Å². The molecule has 2 rings (SSSR count).